The number of hydrogen-bond acceptors (Lipinski definition) is 6. The van der Waals surface area contributed by atoms with Crippen molar-refractivity contribution < 1.29 is 0 Å². The Bertz CT molecular complexity index is 596. The van der Waals surface area contributed by atoms with Crippen LogP contribution in [0.5, 0.6) is 0 Å². The minimum absolute atomic E-state index is 0.484. The quantitative estimate of drug-likeness (QED) is 0.878. The minimum atomic E-state index is 0.484. The smallest absolute Gasteiger partial charge is 0.199 e. The SMILES string of the molecule is CN1C2CCCC1CC(Nc1cncc3nnnn13)C2. The van der Waals surface area contributed by atoms with Crippen molar-refractivity contribution in [3.63, 3.8) is 0 Å². The predicted octanol–water partition coefficient (Wildman–Crippen LogP) is 0.946. The van der Waals surface area contributed by atoms with E-state index in [0.29, 0.717) is 23.8 Å². The third-order valence-electron chi connectivity index (χ3n) is 4.80. The van der Waals surface area contributed by atoms with Gasteiger partial charge in [0, 0.05) is 18.1 Å². The van der Waals surface area contributed by atoms with Gasteiger partial charge in [0.15, 0.2) is 11.5 Å². The van der Waals surface area contributed by atoms with Crippen LogP contribution in [0.1, 0.15) is 32.1 Å². The summed E-state index contributed by atoms with van der Waals surface area (Å²) in [5.74, 6) is 0.889. The van der Waals surface area contributed by atoms with E-state index in [9.17, 15) is 0 Å². The fraction of sp³-hybridized carbons (Fsp3) is 0.692. The lowest BCUT2D eigenvalue weighted by atomic mass is 9.82. The fourth-order valence-corrected chi connectivity index (χ4v) is 3.72. The topological polar surface area (TPSA) is 71.2 Å². The second-order valence-electron chi connectivity index (χ2n) is 5.96. The minimum Gasteiger partial charge on any atom is -0.366 e. The van der Waals surface area contributed by atoms with Crippen LogP contribution < -0.4 is 5.32 Å². The number of tetrazole rings is 1. The number of piperidine rings is 2. The summed E-state index contributed by atoms with van der Waals surface area (Å²) in [5, 5.41) is 15.2. The van der Waals surface area contributed by atoms with E-state index in [4.69, 9.17) is 0 Å². The first kappa shape index (κ1) is 12.0. The summed E-state index contributed by atoms with van der Waals surface area (Å²) in [6.45, 7) is 0. The van der Waals surface area contributed by atoms with Crippen molar-refractivity contribution in [1.82, 2.24) is 29.9 Å². The van der Waals surface area contributed by atoms with E-state index in [1.807, 2.05) is 0 Å². The number of anilines is 1. The Morgan fingerprint density at radius 1 is 1.20 bits per heavy atom. The third kappa shape index (κ3) is 1.93. The summed E-state index contributed by atoms with van der Waals surface area (Å²) in [7, 11) is 2.27. The first-order chi connectivity index (χ1) is 9.81. The Labute approximate surface area is 117 Å². The van der Waals surface area contributed by atoms with Gasteiger partial charge in [0.2, 0.25) is 0 Å². The summed E-state index contributed by atoms with van der Waals surface area (Å²) < 4.78 is 1.72. The van der Waals surface area contributed by atoms with E-state index in [1.54, 1.807) is 16.9 Å². The maximum Gasteiger partial charge on any atom is 0.199 e. The number of aromatic nitrogens is 5. The van der Waals surface area contributed by atoms with Crippen molar-refractivity contribution in [2.45, 2.75) is 50.2 Å². The number of fused-ring (bicyclic) bond motifs is 3. The molecule has 7 heteroatoms. The van der Waals surface area contributed by atoms with Gasteiger partial charge in [-0.1, -0.05) is 6.42 Å². The molecule has 7 nitrogen and oxygen atoms in total. The van der Waals surface area contributed by atoms with Gasteiger partial charge in [0.25, 0.3) is 0 Å². The van der Waals surface area contributed by atoms with Gasteiger partial charge in [-0.2, -0.15) is 4.52 Å². The second kappa shape index (κ2) is 4.66. The summed E-state index contributed by atoms with van der Waals surface area (Å²) in [6, 6.07) is 1.90. The maximum atomic E-state index is 4.20. The Hall–Kier alpha value is -1.76. The second-order valence-corrected chi connectivity index (χ2v) is 5.96. The Morgan fingerprint density at radius 3 is 2.80 bits per heavy atom. The van der Waals surface area contributed by atoms with Crippen molar-refractivity contribution in [3.05, 3.63) is 12.4 Å². The molecule has 0 aliphatic carbocycles. The molecule has 2 fully saturated rings. The Morgan fingerprint density at radius 2 is 2.00 bits per heavy atom. The Balaban J connectivity index is 1.56. The average Bonchev–Trinajstić information content (AvgIpc) is 2.89. The summed E-state index contributed by atoms with van der Waals surface area (Å²) in [4.78, 5) is 6.77. The van der Waals surface area contributed by atoms with Crippen LogP contribution in [-0.4, -0.2) is 55.1 Å². The molecule has 20 heavy (non-hydrogen) atoms. The van der Waals surface area contributed by atoms with E-state index in [1.165, 1.54) is 32.1 Å². The van der Waals surface area contributed by atoms with Crippen molar-refractivity contribution in [3.8, 4) is 0 Å². The molecule has 4 rings (SSSR count). The van der Waals surface area contributed by atoms with Gasteiger partial charge in [-0.15, -0.1) is 5.10 Å². The average molecular weight is 273 g/mol. The maximum absolute atomic E-state index is 4.20. The largest absolute Gasteiger partial charge is 0.366 e. The van der Waals surface area contributed by atoms with Gasteiger partial charge in [-0.3, -0.25) is 4.98 Å². The Kier molecular flexibility index (Phi) is 2.80. The van der Waals surface area contributed by atoms with Crippen LogP contribution in [0, 0.1) is 0 Å². The highest BCUT2D eigenvalue weighted by atomic mass is 15.5. The highest BCUT2D eigenvalue weighted by molar-refractivity contribution is 5.44. The molecule has 0 aromatic carbocycles. The van der Waals surface area contributed by atoms with Crippen LogP contribution in [0.2, 0.25) is 0 Å². The predicted molar refractivity (Wildman–Crippen MR) is 74.4 cm³/mol. The lowest BCUT2D eigenvalue weighted by Gasteiger charge is -2.47. The zero-order chi connectivity index (χ0) is 13.5. The zero-order valence-corrected chi connectivity index (χ0v) is 11.6. The molecular formula is C13H19N7. The van der Waals surface area contributed by atoms with Crippen LogP contribution in [0.3, 0.4) is 0 Å². The molecule has 0 spiro atoms. The molecule has 2 bridgehead atoms. The number of nitrogens with one attached hydrogen (secondary N) is 1. The highest BCUT2D eigenvalue weighted by Crippen LogP contribution is 2.33. The lowest BCUT2D eigenvalue weighted by Crippen LogP contribution is -2.52. The summed E-state index contributed by atoms with van der Waals surface area (Å²) in [6.07, 6.45) is 9.86. The standard InChI is InChI=1S/C13H19N7/c1-19-10-3-2-4-11(19)6-9(5-10)15-12-7-14-8-13-16-17-18-20(12)13/h7-11,15H,2-6H2,1H3. The van der Waals surface area contributed by atoms with E-state index in [-0.39, 0.29) is 0 Å². The lowest BCUT2D eigenvalue weighted by molar-refractivity contribution is 0.0607. The van der Waals surface area contributed by atoms with Crippen LogP contribution in [0.25, 0.3) is 5.65 Å². The number of nitrogens with zero attached hydrogens (tertiary/aromatic N) is 6. The first-order valence-electron chi connectivity index (χ1n) is 7.32. The summed E-state index contributed by atoms with van der Waals surface area (Å²) in [5.41, 5.74) is 0.683. The van der Waals surface area contributed by atoms with E-state index < -0.39 is 0 Å². The number of hydrogen-bond donors (Lipinski definition) is 1. The van der Waals surface area contributed by atoms with Gasteiger partial charge < -0.3 is 10.2 Å². The van der Waals surface area contributed by atoms with Crippen LogP contribution in [-0.2, 0) is 0 Å². The van der Waals surface area contributed by atoms with Gasteiger partial charge in [0.05, 0.1) is 12.4 Å². The molecule has 0 amide bonds. The molecular weight excluding hydrogens is 254 g/mol. The monoisotopic (exact) mass is 273 g/mol. The van der Waals surface area contributed by atoms with Gasteiger partial charge in [-0.05, 0) is 43.2 Å². The molecule has 2 unspecified atom stereocenters. The molecule has 2 atom stereocenters. The van der Waals surface area contributed by atoms with E-state index in [0.717, 1.165) is 5.82 Å². The van der Waals surface area contributed by atoms with E-state index in [2.05, 4.69) is 37.8 Å². The molecule has 4 heterocycles. The number of rotatable bonds is 2. The zero-order valence-electron chi connectivity index (χ0n) is 11.6. The van der Waals surface area contributed by atoms with Crippen molar-refractivity contribution in [2.24, 2.45) is 0 Å². The highest BCUT2D eigenvalue weighted by Gasteiger charge is 2.36. The van der Waals surface area contributed by atoms with Gasteiger partial charge in [-0.25, -0.2) is 0 Å². The fourth-order valence-electron chi connectivity index (χ4n) is 3.72. The molecule has 2 aromatic heterocycles. The van der Waals surface area contributed by atoms with Gasteiger partial charge >= 0.3 is 0 Å². The van der Waals surface area contributed by atoms with E-state index >= 15 is 0 Å². The third-order valence-corrected chi connectivity index (χ3v) is 4.80. The van der Waals surface area contributed by atoms with Crippen molar-refractivity contribution in [1.29, 1.82) is 0 Å². The normalized spacial score (nSPS) is 30.6. The molecule has 2 aliphatic heterocycles. The van der Waals surface area contributed by atoms with Crippen molar-refractivity contribution in [2.75, 3.05) is 12.4 Å². The van der Waals surface area contributed by atoms with Crippen LogP contribution in [0.4, 0.5) is 5.82 Å². The summed E-state index contributed by atoms with van der Waals surface area (Å²) >= 11 is 0. The van der Waals surface area contributed by atoms with Crippen molar-refractivity contribution >= 4 is 11.5 Å². The molecule has 106 valence electrons. The van der Waals surface area contributed by atoms with Gasteiger partial charge in [0.1, 0.15) is 0 Å². The first-order valence-corrected chi connectivity index (χ1v) is 7.32. The van der Waals surface area contributed by atoms with Crippen LogP contribution >= 0.6 is 0 Å². The molecule has 2 aromatic rings. The molecule has 1 N–H and O–H groups in total. The molecule has 0 saturated carbocycles. The molecule has 2 saturated heterocycles. The molecule has 0 radical (unpaired) electrons. The van der Waals surface area contributed by atoms with Crippen LogP contribution in [0.15, 0.2) is 12.4 Å². The molecule has 2 aliphatic rings.